The van der Waals surface area contributed by atoms with E-state index in [1.807, 2.05) is 0 Å². The van der Waals surface area contributed by atoms with Crippen LogP contribution in [0.2, 0.25) is 0 Å². The van der Waals surface area contributed by atoms with E-state index in [2.05, 4.69) is 19.7 Å². The number of pyridine rings is 2. The van der Waals surface area contributed by atoms with E-state index in [0.717, 1.165) is 0 Å². The molecule has 157 valence electrons. The fourth-order valence-corrected chi connectivity index (χ4v) is 2.61. The Morgan fingerprint density at radius 3 is 1.39 bits per heavy atom. The second-order valence-corrected chi connectivity index (χ2v) is 5.83. The summed E-state index contributed by atoms with van der Waals surface area (Å²) >= 11 is 0. The molecule has 4 rings (SSSR count). The molecule has 0 atom stereocenters. The van der Waals surface area contributed by atoms with Gasteiger partial charge in [0.1, 0.15) is 33.9 Å². The summed E-state index contributed by atoms with van der Waals surface area (Å²) in [6.45, 7) is 0. The Labute approximate surface area is 184 Å². The zero-order chi connectivity index (χ0) is 21.7. The molecule has 31 heavy (non-hydrogen) atoms. The number of hydrogen-bond acceptors (Lipinski definition) is 8. The van der Waals surface area contributed by atoms with E-state index in [4.69, 9.17) is 10.2 Å². The molecule has 0 bridgehead atoms. The Hall–Kier alpha value is -3.76. The number of benzene rings is 2. The SMILES string of the molecule is O=C(O)c1ccc2cccc(O[O-])c2n1.O=C(O)c1ccc2cccc(O[O-])c2n1.[Mn+2]. The molecule has 1 radical (unpaired) electrons. The van der Waals surface area contributed by atoms with Gasteiger partial charge in [-0.15, -0.1) is 0 Å². The van der Waals surface area contributed by atoms with Crippen molar-refractivity contribution >= 4 is 33.7 Å². The van der Waals surface area contributed by atoms with Crippen LogP contribution in [0.25, 0.3) is 21.8 Å². The minimum atomic E-state index is -1.14. The average Bonchev–Trinajstić information content (AvgIpc) is 2.77. The number of rotatable bonds is 4. The molecule has 2 heterocycles. The maximum Gasteiger partial charge on any atom is 2.00 e. The molecule has 0 spiro atoms. The Morgan fingerprint density at radius 2 is 1.06 bits per heavy atom. The third-order valence-corrected chi connectivity index (χ3v) is 3.98. The molecule has 4 aromatic rings. The average molecular weight is 463 g/mol. The van der Waals surface area contributed by atoms with Crippen molar-refractivity contribution in [2.24, 2.45) is 0 Å². The summed E-state index contributed by atoms with van der Waals surface area (Å²) < 4.78 is 0. The van der Waals surface area contributed by atoms with Gasteiger partial charge >= 0.3 is 29.0 Å². The number of hydrogen-bond donors (Lipinski definition) is 2. The Bertz CT molecular complexity index is 1150. The second-order valence-electron chi connectivity index (χ2n) is 5.83. The van der Waals surface area contributed by atoms with Crippen molar-refractivity contribution in [3.05, 3.63) is 72.1 Å². The van der Waals surface area contributed by atoms with E-state index in [0.29, 0.717) is 10.8 Å². The number of carbonyl (C=O) groups is 2. The molecular formula is C20H12MnN2O8. The predicted molar refractivity (Wildman–Crippen MR) is 98.7 cm³/mol. The number of carboxylic acids is 2. The quantitative estimate of drug-likeness (QED) is 0.255. The molecule has 2 N–H and O–H groups in total. The summed E-state index contributed by atoms with van der Waals surface area (Å²) in [5.41, 5.74) is 0.277. The van der Waals surface area contributed by atoms with Crippen molar-refractivity contribution in [2.75, 3.05) is 0 Å². The summed E-state index contributed by atoms with van der Waals surface area (Å²) in [5, 5.41) is 39.5. The van der Waals surface area contributed by atoms with Gasteiger partial charge in [-0.05, 0) is 24.3 Å². The monoisotopic (exact) mass is 463 g/mol. The molecule has 0 fully saturated rings. The van der Waals surface area contributed by atoms with Crippen LogP contribution in [0, 0.1) is 0 Å². The van der Waals surface area contributed by atoms with Crippen molar-refractivity contribution in [3.8, 4) is 11.5 Å². The van der Waals surface area contributed by atoms with Gasteiger partial charge in [0.15, 0.2) is 0 Å². The minimum Gasteiger partial charge on any atom is -0.664 e. The first-order valence-corrected chi connectivity index (χ1v) is 8.30. The van der Waals surface area contributed by atoms with Crippen LogP contribution in [0.1, 0.15) is 21.0 Å². The Balaban J connectivity index is 0.000000213. The van der Waals surface area contributed by atoms with Gasteiger partial charge in [0, 0.05) is 10.8 Å². The number of para-hydroxylation sites is 2. The number of carboxylic acid groups (broad SMARTS) is 2. The molecule has 0 aliphatic rings. The van der Waals surface area contributed by atoms with Crippen molar-refractivity contribution < 1.29 is 57.2 Å². The number of nitrogens with zero attached hydrogens (tertiary/aromatic N) is 2. The third-order valence-electron chi connectivity index (χ3n) is 3.98. The molecule has 0 aliphatic carbocycles. The predicted octanol–water partition coefficient (Wildman–Crippen LogP) is 1.17. The summed E-state index contributed by atoms with van der Waals surface area (Å²) in [7, 11) is 0. The smallest absolute Gasteiger partial charge is 0.664 e. The second kappa shape index (κ2) is 10.3. The Morgan fingerprint density at radius 1 is 0.677 bits per heavy atom. The van der Waals surface area contributed by atoms with E-state index >= 15 is 0 Å². The molecule has 2 aromatic heterocycles. The first-order chi connectivity index (χ1) is 14.4. The summed E-state index contributed by atoms with van der Waals surface area (Å²) in [5.74, 6) is -2.23. The van der Waals surface area contributed by atoms with E-state index in [-0.39, 0.29) is 51.0 Å². The van der Waals surface area contributed by atoms with Crippen LogP contribution in [0.4, 0.5) is 0 Å². The molecule has 11 heteroatoms. The molecular weight excluding hydrogens is 451 g/mol. The van der Waals surface area contributed by atoms with Crippen LogP contribution >= 0.6 is 0 Å². The van der Waals surface area contributed by atoms with Crippen LogP contribution in [0.5, 0.6) is 11.5 Å². The summed E-state index contributed by atoms with van der Waals surface area (Å²) in [4.78, 5) is 36.7. The van der Waals surface area contributed by atoms with Crippen LogP contribution < -0.4 is 20.3 Å². The van der Waals surface area contributed by atoms with Gasteiger partial charge in [0.25, 0.3) is 0 Å². The first-order valence-electron chi connectivity index (χ1n) is 8.30. The van der Waals surface area contributed by atoms with Crippen molar-refractivity contribution in [1.29, 1.82) is 0 Å². The largest absolute Gasteiger partial charge is 2.00 e. The number of aromatic carboxylic acids is 2. The van der Waals surface area contributed by atoms with Crippen LogP contribution in [-0.4, -0.2) is 32.1 Å². The van der Waals surface area contributed by atoms with Gasteiger partial charge in [-0.25, -0.2) is 19.6 Å². The fourth-order valence-electron chi connectivity index (χ4n) is 2.61. The molecule has 0 unspecified atom stereocenters. The van der Waals surface area contributed by atoms with Crippen LogP contribution in [-0.2, 0) is 17.1 Å². The standard InChI is InChI=1S/2C10H7NO4.Mn/c2*12-10(13)7-5-4-6-2-1-3-8(15-14)9(6)11-7;/h2*1-5,14H,(H,12,13);/q;;+2/p-2. The zero-order valence-corrected chi connectivity index (χ0v) is 16.6. The number of aromatic nitrogens is 2. The van der Waals surface area contributed by atoms with E-state index in [1.54, 1.807) is 36.4 Å². The molecule has 0 saturated heterocycles. The van der Waals surface area contributed by atoms with Gasteiger partial charge in [0.05, 0.1) is 0 Å². The molecule has 2 aromatic carbocycles. The van der Waals surface area contributed by atoms with Gasteiger partial charge < -0.3 is 30.5 Å². The van der Waals surface area contributed by atoms with E-state index in [1.165, 1.54) is 24.3 Å². The molecule has 0 aliphatic heterocycles. The van der Waals surface area contributed by atoms with Crippen LogP contribution in [0.3, 0.4) is 0 Å². The molecule has 0 saturated carbocycles. The summed E-state index contributed by atoms with van der Waals surface area (Å²) in [6.07, 6.45) is 0. The fraction of sp³-hybridized carbons (Fsp3) is 0. The summed E-state index contributed by atoms with van der Waals surface area (Å²) in [6, 6.07) is 15.5. The first kappa shape index (κ1) is 23.5. The third kappa shape index (κ3) is 5.24. The van der Waals surface area contributed by atoms with Gasteiger partial charge in [-0.2, -0.15) is 0 Å². The molecule has 10 nitrogen and oxygen atoms in total. The van der Waals surface area contributed by atoms with Crippen LogP contribution in [0.15, 0.2) is 60.7 Å². The van der Waals surface area contributed by atoms with Crippen molar-refractivity contribution in [3.63, 3.8) is 0 Å². The van der Waals surface area contributed by atoms with Crippen molar-refractivity contribution in [2.45, 2.75) is 0 Å². The maximum atomic E-state index is 10.7. The minimum absolute atomic E-state index is 0. The maximum absolute atomic E-state index is 10.7. The van der Waals surface area contributed by atoms with Crippen molar-refractivity contribution in [1.82, 2.24) is 9.97 Å². The van der Waals surface area contributed by atoms with Gasteiger partial charge in [0.2, 0.25) is 0 Å². The van der Waals surface area contributed by atoms with E-state index in [9.17, 15) is 20.1 Å². The zero-order valence-electron chi connectivity index (χ0n) is 15.4. The Kier molecular flexibility index (Phi) is 7.83. The normalized spacial score (nSPS) is 9.87. The molecule has 0 amide bonds. The van der Waals surface area contributed by atoms with Gasteiger partial charge in [-0.1, -0.05) is 36.4 Å². The van der Waals surface area contributed by atoms with Gasteiger partial charge in [-0.3, -0.25) is 0 Å². The van der Waals surface area contributed by atoms with E-state index < -0.39 is 11.9 Å². The number of fused-ring (bicyclic) bond motifs is 2. The topological polar surface area (TPSA) is 165 Å².